The highest BCUT2D eigenvalue weighted by atomic mass is 19.1. The second-order valence-corrected chi connectivity index (χ2v) is 5.11. The van der Waals surface area contributed by atoms with Gasteiger partial charge in [0.15, 0.2) is 0 Å². The molecule has 1 fully saturated rings. The van der Waals surface area contributed by atoms with Gasteiger partial charge in [0.1, 0.15) is 11.6 Å². The van der Waals surface area contributed by atoms with Crippen molar-refractivity contribution >= 4 is 11.8 Å². The van der Waals surface area contributed by atoms with Crippen molar-refractivity contribution in [3.05, 3.63) is 29.6 Å². The maximum Gasteiger partial charge on any atom is 0.255 e. The van der Waals surface area contributed by atoms with Crippen LogP contribution in [-0.4, -0.2) is 41.5 Å². The molecule has 0 spiro atoms. The predicted octanol–water partition coefficient (Wildman–Crippen LogP) is 1.66. The summed E-state index contributed by atoms with van der Waals surface area (Å²) in [6.45, 7) is 1.72. The largest absolute Gasteiger partial charge is 0.507 e. The zero-order valence-corrected chi connectivity index (χ0v) is 11.8. The number of piperidine rings is 1. The predicted molar refractivity (Wildman–Crippen MR) is 75.4 cm³/mol. The van der Waals surface area contributed by atoms with E-state index < -0.39 is 11.7 Å². The molecule has 0 radical (unpaired) electrons. The standard InChI is InChI=1S/C15H19FN2O3/c16-11-4-5-13(19)12(10-11)15(21)17-7-6-14(20)18-8-2-1-3-9-18/h4-5,10,19H,1-3,6-9H2,(H,17,21). The molecule has 114 valence electrons. The van der Waals surface area contributed by atoms with Gasteiger partial charge in [-0.15, -0.1) is 0 Å². The van der Waals surface area contributed by atoms with Crippen LogP contribution in [0.25, 0.3) is 0 Å². The number of aromatic hydroxyl groups is 1. The van der Waals surface area contributed by atoms with Crippen molar-refractivity contribution in [2.75, 3.05) is 19.6 Å². The number of likely N-dealkylation sites (tertiary alicyclic amines) is 1. The number of halogens is 1. The van der Waals surface area contributed by atoms with Gasteiger partial charge < -0.3 is 15.3 Å². The van der Waals surface area contributed by atoms with Gasteiger partial charge in [0.2, 0.25) is 5.91 Å². The van der Waals surface area contributed by atoms with Crippen LogP contribution in [0, 0.1) is 5.82 Å². The topological polar surface area (TPSA) is 69.6 Å². The van der Waals surface area contributed by atoms with Crippen LogP contribution in [0.15, 0.2) is 18.2 Å². The maximum atomic E-state index is 13.0. The number of nitrogens with zero attached hydrogens (tertiary/aromatic N) is 1. The lowest BCUT2D eigenvalue weighted by atomic mass is 10.1. The van der Waals surface area contributed by atoms with E-state index in [-0.39, 0.29) is 30.2 Å². The number of phenols is 1. The Labute approximate surface area is 122 Å². The highest BCUT2D eigenvalue weighted by Gasteiger charge is 2.17. The molecule has 0 unspecified atom stereocenters. The molecule has 5 nitrogen and oxygen atoms in total. The number of nitrogens with one attached hydrogen (secondary N) is 1. The molecule has 6 heteroatoms. The Bertz CT molecular complexity index is 528. The number of benzene rings is 1. The highest BCUT2D eigenvalue weighted by molar-refractivity contribution is 5.97. The molecular weight excluding hydrogens is 275 g/mol. The van der Waals surface area contributed by atoms with E-state index in [2.05, 4.69) is 5.32 Å². The van der Waals surface area contributed by atoms with E-state index in [0.717, 1.165) is 50.6 Å². The average molecular weight is 294 g/mol. The molecular formula is C15H19FN2O3. The van der Waals surface area contributed by atoms with Crippen LogP contribution in [0.4, 0.5) is 4.39 Å². The normalized spacial score (nSPS) is 14.8. The SMILES string of the molecule is O=C(NCCC(=O)N1CCCCC1)c1cc(F)ccc1O. The molecule has 0 aromatic heterocycles. The Morgan fingerprint density at radius 2 is 1.95 bits per heavy atom. The quantitative estimate of drug-likeness (QED) is 0.887. The van der Waals surface area contributed by atoms with Gasteiger partial charge in [0.25, 0.3) is 5.91 Å². The van der Waals surface area contributed by atoms with Crippen molar-refractivity contribution < 1.29 is 19.1 Å². The zero-order chi connectivity index (χ0) is 15.2. The van der Waals surface area contributed by atoms with Crippen molar-refractivity contribution in [1.82, 2.24) is 10.2 Å². The van der Waals surface area contributed by atoms with Gasteiger partial charge in [-0.3, -0.25) is 9.59 Å². The number of phenolic OH excluding ortho intramolecular Hbond substituents is 1. The summed E-state index contributed by atoms with van der Waals surface area (Å²) in [7, 11) is 0. The first-order valence-electron chi connectivity index (χ1n) is 7.12. The van der Waals surface area contributed by atoms with Crippen LogP contribution in [0.1, 0.15) is 36.0 Å². The average Bonchev–Trinajstić information content (AvgIpc) is 2.50. The third kappa shape index (κ3) is 4.18. The fraction of sp³-hybridized carbons (Fsp3) is 0.467. The van der Waals surface area contributed by atoms with Crippen LogP contribution in [0.5, 0.6) is 5.75 Å². The summed E-state index contributed by atoms with van der Waals surface area (Å²) in [5.74, 6) is -1.45. The Kier molecular flexibility index (Phi) is 5.14. The molecule has 0 aliphatic carbocycles. The molecule has 2 rings (SSSR count). The minimum Gasteiger partial charge on any atom is -0.507 e. The van der Waals surface area contributed by atoms with Crippen LogP contribution in [0.2, 0.25) is 0 Å². The molecule has 1 saturated heterocycles. The zero-order valence-electron chi connectivity index (χ0n) is 11.8. The Balaban J connectivity index is 1.81. The Morgan fingerprint density at radius 3 is 2.67 bits per heavy atom. The summed E-state index contributed by atoms with van der Waals surface area (Å²) < 4.78 is 13.0. The van der Waals surface area contributed by atoms with Crippen LogP contribution in [0.3, 0.4) is 0 Å². The number of hydrogen-bond acceptors (Lipinski definition) is 3. The third-order valence-electron chi connectivity index (χ3n) is 3.54. The van der Waals surface area contributed by atoms with E-state index >= 15 is 0 Å². The molecule has 0 saturated carbocycles. The summed E-state index contributed by atoms with van der Waals surface area (Å²) in [5, 5.41) is 12.0. The highest BCUT2D eigenvalue weighted by Crippen LogP contribution is 2.17. The molecule has 1 heterocycles. The second kappa shape index (κ2) is 7.06. The summed E-state index contributed by atoms with van der Waals surface area (Å²) in [6.07, 6.45) is 3.41. The molecule has 1 aromatic carbocycles. The van der Waals surface area contributed by atoms with Gasteiger partial charge in [-0.2, -0.15) is 0 Å². The first-order chi connectivity index (χ1) is 10.1. The van der Waals surface area contributed by atoms with E-state index in [1.165, 1.54) is 0 Å². The fourth-order valence-electron chi connectivity index (χ4n) is 2.37. The van der Waals surface area contributed by atoms with Gasteiger partial charge in [0, 0.05) is 26.1 Å². The van der Waals surface area contributed by atoms with Gasteiger partial charge in [0.05, 0.1) is 5.56 Å². The van der Waals surface area contributed by atoms with E-state index in [0.29, 0.717) is 0 Å². The molecule has 2 N–H and O–H groups in total. The summed E-state index contributed by atoms with van der Waals surface area (Å²) in [6, 6.07) is 3.17. The minimum atomic E-state index is -0.595. The molecule has 1 aromatic rings. The van der Waals surface area contributed by atoms with Gasteiger partial charge in [-0.25, -0.2) is 4.39 Å². The van der Waals surface area contributed by atoms with Crippen LogP contribution in [-0.2, 0) is 4.79 Å². The van der Waals surface area contributed by atoms with E-state index in [1.54, 1.807) is 4.90 Å². The van der Waals surface area contributed by atoms with E-state index in [1.807, 2.05) is 0 Å². The van der Waals surface area contributed by atoms with E-state index in [4.69, 9.17) is 0 Å². The van der Waals surface area contributed by atoms with E-state index in [9.17, 15) is 19.1 Å². The van der Waals surface area contributed by atoms with Gasteiger partial charge in [-0.1, -0.05) is 0 Å². The lowest BCUT2D eigenvalue weighted by Gasteiger charge is -2.26. The first kappa shape index (κ1) is 15.3. The molecule has 1 aliphatic heterocycles. The monoisotopic (exact) mass is 294 g/mol. The molecule has 0 bridgehead atoms. The maximum absolute atomic E-state index is 13.0. The molecule has 1 aliphatic rings. The van der Waals surface area contributed by atoms with Crippen molar-refractivity contribution in [1.29, 1.82) is 0 Å². The van der Waals surface area contributed by atoms with Crippen molar-refractivity contribution in [2.45, 2.75) is 25.7 Å². The smallest absolute Gasteiger partial charge is 0.255 e. The molecule has 2 amide bonds. The summed E-state index contributed by atoms with van der Waals surface area (Å²) >= 11 is 0. The first-order valence-corrected chi connectivity index (χ1v) is 7.12. The fourth-order valence-corrected chi connectivity index (χ4v) is 2.37. The molecule has 21 heavy (non-hydrogen) atoms. The van der Waals surface area contributed by atoms with Gasteiger partial charge >= 0.3 is 0 Å². The van der Waals surface area contributed by atoms with Gasteiger partial charge in [-0.05, 0) is 37.5 Å². The lowest BCUT2D eigenvalue weighted by molar-refractivity contribution is -0.131. The number of carbonyl (C=O) groups excluding carboxylic acids is 2. The van der Waals surface area contributed by atoms with Crippen molar-refractivity contribution in [3.8, 4) is 5.75 Å². The minimum absolute atomic E-state index is 0.0125. The lowest BCUT2D eigenvalue weighted by Crippen LogP contribution is -2.37. The van der Waals surface area contributed by atoms with Crippen LogP contribution < -0.4 is 5.32 Å². The number of carbonyl (C=O) groups is 2. The third-order valence-corrected chi connectivity index (χ3v) is 3.54. The Morgan fingerprint density at radius 1 is 1.24 bits per heavy atom. The number of amides is 2. The van der Waals surface area contributed by atoms with Crippen molar-refractivity contribution in [3.63, 3.8) is 0 Å². The summed E-state index contributed by atoms with van der Waals surface area (Å²) in [4.78, 5) is 25.5. The van der Waals surface area contributed by atoms with Crippen molar-refractivity contribution in [2.24, 2.45) is 0 Å². The summed E-state index contributed by atoms with van der Waals surface area (Å²) in [5.41, 5.74) is -0.125. The van der Waals surface area contributed by atoms with Crippen LogP contribution >= 0.6 is 0 Å². The molecule has 0 atom stereocenters. The second-order valence-electron chi connectivity index (χ2n) is 5.11. The Hall–Kier alpha value is -2.11. The number of hydrogen-bond donors (Lipinski definition) is 2. The number of rotatable bonds is 4.